The Morgan fingerprint density at radius 2 is 1.82 bits per heavy atom. The van der Waals surface area contributed by atoms with Crippen LogP contribution in [0, 0.1) is 17.8 Å². The first-order chi connectivity index (χ1) is 18.1. The van der Waals surface area contributed by atoms with Gasteiger partial charge in [-0.1, -0.05) is 56.3 Å². The van der Waals surface area contributed by atoms with Gasteiger partial charge in [-0.15, -0.1) is 13.2 Å². The van der Waals surface area contributed by atoms with Crippen molar-refractivity contribution in [3.63, 3.8) is 0 Å². The van der Waals surface area contributed by atoms with E-state index >= 15 is 0 Å². The van der Waals surface area contributed by atoms with E-state index in [1.807, 2.05) is 51.1 Å². The number of likely N-dealkylation sites (N-methyl/N-ethyl adjacent to an activating group) is 1. The van der Waals surface area contributed by atoms with Gasteiger partial charge in [-0.2, -0.15) is 0 Å². The predicted octanol–water partition coefficient (Wildman–Crippen LogP) is 2.63. The molecule has 3 saturated heterocycles. The molecule has 1 spiro atoms. The highest BCUT2D eigenvalue weighted by molar-refractivity contribution is 5.99. The molecule has 0 saturated carbocycles. The second-order valence-corrected chi connectivity index (χ2v) is 11.5. The molecule has 2 unspecified atom stereocenters. The summed E-state index contributed by atoms with van der Waals surface area (Å²) < 4.78 is 6.73. The maximum Gasteiger partial charge on any atom is 0.249 e. The summed E-state index contributed by atoms with van der Waals surface area (Å²) in [5.41, 5.74) is -1.04. The lowest BCUT2D eigenvalue weighted by molar-refractivity contribution is -0.157. The maximum atomic E-state index is 14.5. The fraction of sp³-hybridized carbons (Fsp3) is 0.567. The van der Waals surface area contributed by atoms with Crippen LogP contribution in [-0.4, -0.2) is 87.6 Å². The molecule has 1 N–H and O–H groups in total. The number of fused-ring (bicyclic) bond motifs is 1. The number of rotatable bonds is 11. The van der Waals surface area contributed by atoms with Crippen LogP contribution in [0.2, 0.25) is 0 Å². The van der Waals surface area contributed by atoms with Gasteiger partial charge in [0.1, 0.15) is 11.6 Å². The number of aliphatic hydroxyl groups is 1. The van der Waals surface area contributed by atoms with Gasteiger partial charge in [-0.25, -0.2) is 0 Å². The zero-order valence-corrected chi connectivity index (χ0v) is 23.0. The van der Waals surface area contributed by atoms with Crippen molar-refractivity contribution in [3.05, 3.63) is 61.2 Å². The first-order valence-corrected chi connectivity index (χ1v) is 13.5. The Hall–Kier alpha value is -2.97. The van der Waals surface area contributed by atoms with E-state index < -0.39 is 35.1 Å². The van der Waals surface area contributed by atoms with Gasteiger partial charge in [0.2, 0.25) is 17.7 Å². The Labute approximate surface area is 225 Å². The number of aliphatic hydroxyl groups excluding tert-OH is 1. The van der Waals surface area contributed by atoms with Gasteiger partial charge in [-0.3, -0.25) is 14.4 Å². The highest BCUT2D eigenvalue weighted by Crippen LogP contribution is 2.64. The topological polar surface area (TPSA) is 90.4 Å². The zero-order chi connectivity index (χ0) is 27.8. The second-order valence-electron chi connectivity index (χ2n) is 11.5. The van der Waals surface area contributed by atoms with E-state index in [1.165, 1.54) is 0 Å². The molecule has 3 heterocycles. The van der Waals surface area contributed by atoms with Crippen molar-refractivity contribution >= 4 is 17.7 Å². The molecule has 8 heteroatoms. The van der Waals surface area contributed by atoms with Crippen LogP contribution < -0.4 is 0 Å². The molecule has 3 amide bonds. The van der Waals surface area contributed by atoms with Gasteiger partial charge >= 0.3 is 0 Å². The quantitative estimate of drug-likeness (QED) is 0.451. The summed E-state index contributed by atoms with van der Waals surface area (Å²) in [6.07, 6.45) is 4.38. The monoisotopic (exact) mass is 523 g/mol. The molecular formula is C30H41N3O5. The molecular weight excluding hydrogens is 482 g/mol. The van der Waals surface area contributed by atoms with Crippen LogP contribution in [0.15, 0.2) is 55.6 Å². The number of carbonyl (C=O) groups excluding carboxylic acids is 3. The van der Waals surface area contributed by atoms with Crippen LogP contribution in [0.3, 0.4) is 0 Å². The molecule has 0 radical (unpaired) electrons. The Morgan fingerprint density at radius 3 is 2.39 bits per heavy atom. The summed E-state index contributed by atoms with van der Waals surface area (Å²) in [4.78, 5) is 47.3. The molecule has 6 atom stereocenters. The van der Waals surface area contributed by atoms with Crippen LogP contribution in [0.25, 0.3) is 0 Å². The van der Waals surface area contributed by atoms with Crippen molar-refractivity contribution in [2.75, 3.05) is 26.7 Å². The molecule has 0 aromatic heterocycles. The molecule has 1 aromatic carbocycles. The van der Waals surface area contributed by atoms with Crippen molar-refractivity contribution in [1.29, 1.82) is 0 Å². The molecule has 206 valence electrons. The minimum Gasteiger partial charge on any atom is -0.394 e. The van der Waals surface area contributed by atoms with Gasteiger partial charge in [0.05, 0.1) is 30.1 Å². The van der Waals surface area contributed by atoms with E-state index in [0.29, 0.717) is 32.5 Å². The average molecular weight is 524 g/mol. The van der Waals surface area contributed by atoms with Crippen LogP contribution in [0.1, 0.15) is 39.2 Å². The van der Waals surface area contributed by atoms with E-state index in [1.54, 1.807) is 33.9 Å². The van der Waals surface area contributed by atoms with Gasteiger partial charge in [0, 0.05) is 26.7 Å². The number of carbonyl (C=O) groups is 3. The number of amides is 3. The maximum absolute atomic E-state index is 14.5. The third kappa shape index (κ3) is 4.37. The SMILES string of the molecule is C=CCN(C)C(=O)[C@H]1[C@H]2C(=O)N([C@@H](CO)C(C)C)C(C(=O)N(CC=C)Cc3ccccc3)C23CC[C@]1(C)O3. The van der Waals surface area contributed by atoms with E-state index in [0.717, 1.165) is 5.56 Å². The minimum absolute atomic E-state index is 0.109. The van der Waals surface area contributed by atoms with Crippen LogP contribution in [0.5, 0.6) is 0 Å². The Balaban J connectivity index is 1.81. The summed E-state index contributed by atoms with van der Waals surface area (Å²) >= 11 is 0. The van der Waals surface area contributed by atoms with Crippen molar-refractivity contribution < 1.29 is 24.2 Å². The fourth-order valence-electron chi connectivity index (χ4n) is 6.88. The fourth-order valence-corrected chi connectivity index (χ4v) is 6.88. The summed E-state index contributed by atoms with van der Waals surface area (Å²) in [6.45, 7) is 14.0. The largest absolute Gasteiger partial charge is 0.394 e. The van der Waals surface area contributed by atoms with E-state index in [4.69, 9.17) is 4.74 Å². The van der Waals surface area contributed by atoms with Crippen LogP contribution in [0.4, 0.5) is 0 Å². The molecule has 2 bridgehead atoms. The van der Waals surface area contributed by atoms with Gasteiger partial charge in [0.25, 0.3) is 0 Å². The number of hydrogen-bond acceptors (Lipinski definition) is 5. The molecule has 3 aliphatic heterocycles. The standard InChI is InChI=1S/C30H41N3O5/c1-7-16-31(6)26(35)23-24-27(36)33(22(19-34)20(3)4)25(30(24)15-14-29(23,5)38-30)28(37)32(17-8-2)18-21-12-10-9-11-13-21/h7-13,20,22-25,34H,1-2,14-19H2,3-6H3/t22-,23+,24-,25?,29-,30?/m0/s1. The second kappa shape index (κ2) is 10.7. The van der Waals surface area contributed by atoms with Crippen LogP contribution in [-0.2, 0) is 25.7 Å². The van der Waals surface area contributed by atoms with Crippen LogP contribution >= 0.6 is 0 Å². The van der Waals surface area contributed by atoms with E-state index in [9.17, 15) is 19.5 Å². The number of hydrogen-bond donors (Lipinski definition) is 1. The normalized spacial score (nSPS) is 30.3. The third-order valence-corrected chi connectivity index (χ3v) is 8.68. The van der Waals surface area contributed by atoms with Crippen molar-refractivity contribution in [3.8, 4) is 0 Å². The number of nitrogens with zero attached hydrogens (tertiary/aromatic N) is 3. The lowest BCUT2D eigenvalue weighted by Gasteiger charge is -2.40. The lowest BCUT2D eigenvalue weighted by Crippen LogP contribution is -2.59. The smallest absolute Gasteiger partial charge is 0.249 e. The summed E-state index contributed by atoms with van der Waals surface area (Å²) in [5.74, 6) is -2.35. The minimum atomic E-state index is -1.14. The number of benzene rings is 1. The molecule has 38 heavy (non-hydrogen) atoms. The summed E-state index contributed by atoms with van der Waals surface area (Å²) in [7, 11) is 1.70. The highest BCUT2D eigenvalue weighted by Gasteiger charge is 2.78. The summed E-state index contributed by atoms with van der Waals surface area (Å²) in [5, 5.41) is 10.4. The van der Waals surface area contributed by atoms with Crippen molar-refractivity contribution in [1.82, 2.24) is 14.7 Å². The highest BCUT2D eigenvalue weighted by atomic mass is 16.5. The Kier molecular flexibility index (Phi) is 7.86. The molecule has 8 nitrogen and oxygen atoms in total. The van der Waals surface area contributed by atoms with E-state index in [-0.39, 0.29) is 30.2 Å². The Bertz CT molecular complexity index is 1090. The molecule has 0 aliphatic carbocycles. The Morgan fingerprint density at radius 1 is 1.16 bits per heavy atom. The third-order valence-electron chi connectivity index (χ3n) is 8.68. The van der Waals surface area contributed by atoms with Gasteiger partial charge < -0.3 is 24.5 Å². The zero-order valence-electron chi connectivity index (χ0n) is 23.0. The molecule has 1 aromatic rings. The van der Waals surface area contributed by atoms with E-state index in [2.05, 4.69) is 13.2 Å². The molecule has 3 aliphatic rings. The first-order valence-electron chi connectivity index (χ1n) is 13.5. The molecule has 3 fully saturated rings. The predicted molar refractivity (Wildman–Crippen MR) is 145 cm³/mol. The number of ether oxygens (including phenoxy) is 1. The van der Waals surface area contributed by atoms with Crippen molar-refractivity contribution in [2.45, 2.75) is 63.4 Å². The first kappa shape index (κ1) is 28.0. The molecule has 4 rings (SSSR count). The van der Waals surface area contributed by atoms with Crippen molar-refractivity contribution in [2.24, 2.45) is 17.8 Å². The number of likely N-dealkylation sites (tertiary alicyclic amines) is 1. The van der Waals surface area contributed by atoms with Gasteiger partial charge in [0.15, 0.2) is 0 Å². The summed E-state index contributed by atoms with van der Waals surface area (Å²) in [6, 6.07) is 8.13. The van der Waals surface area contributed by atoms with Gasteiger partial charge in [-0.05, 0) is 31.2 Å². The lowest BCUT2D eigenvalue weighted by atomic mass is 9.66. The average Bonchev–Trinajstić information content (AvgIpc) is 3.45.